The number of fused-ring (bicyclic) bond motifs is 1. The van der Waals surface area contributed by atoms with Crippen LogP contribution in [0.15, 0.2) is 54.7 Å². The molecule has 0 amide bonds. The standard InChI is InChI=1S/C21H19F3N4O4S/c22-21(23,24)16-4-5-18-19(13-16)25-7-6-20(18)26-8-10-27(11-9-26)33(31,32)14-15-2-1-3-17(12-15)28(29)30/h1-7,12-13H,8-11,14H2. The molecule has 1 aliphatic heterocycles. The van der Waals surface area contributed by atoms with E-state index < -0.39 is 26.7 Å². The summed E-state index contributed by atoms with van der Waals surface area (Å²) in [6.07, 6.45) is -3.03. The first kappa shape index (κ1) is 22.9. The molecule has 0 unspecified atom stereocenters. The van der Waals surface area contributed by atoms with E-state index in [2.05, 4.69) is 4.98 Å². The van der Waals surface area contributed by atoms with Gasteiger partial charge in [0.25, 0.3) is 5.69 Å². The van der Waals surface area contributed by atoms with Gasteiger partial charge in [-0.2, -0.15) is 17.5 Å². The van der Waals surface area contributed by atoms with Crippen molar-refractivity contribution in [3.05, 3.63) is 76.0 Å². The molecule has 3 aromatic rings. The van der Waals surface area contributed by atoms with Crippen molar-refractivity contribution in [2.75, 3.05) is 31.1 Å². The maximum Gasteiger partial charge on any atom is 0.416 e. The molecule has 0 bridgehead atoms. The van der Waals surface area contributed by atoms with Crippen LogP contribution in [0.5, 0.6) is 0 Å². The van der Waals surface area contributed by atoms with Gasteiger partial charge in [-0.05, 0) is 23.8 Å². The average molecular weight is 480 g/mol. The number of piperazine rings is 1. The van der Waals surface area contributed by atoms with Crippen molar-refractivity contribution < 1.29 is 26.5 Å². The minimum Gasteiger partial charge on any atom is -0.368 e. The molecule has 1 saturated heterocycles. The molecule has 1 aromatic heterocycles. The van der Waals surface area contributed by atoms with Crippen molar-refractivity contribution in [1.29, 1.82) is 0 Å². The summed E-state index contributed by atoms with van der Waals surface area (Å²) in [5.41, 5.74) is 0.266. The highest BCUT2D eigenvalue weighted by atomic mass is 32.2. The van der Waals surface area contributed by atoms with Gasteiger partial charge in [0.05, 0.1) is 21.8 Å². The summed E-state index contributed by atoms with van der Waals surface area (Å²) >= 11 is 0. The van der Waals surface area contributed by atoms with Gasteiger partial charge in [-0.25, -0.2) is 8.42 Å². The molecule has 12 heteroatoms. The molecule has 2 heterocycles. The van der Waals surface area contributed by atoms with Crippen molar-refractivity contribution in [3.63, 3.8) is 0 Å². The molecule has 1 fully saturated rings. The molecule has 0 aliphatic carbocycles. The van der Waals surface area contributed by atoms with Gasteiger partial charge in [-0.1, -0.05) is 18.2 Å². The fraction of sp³-hybridized carbons (Fsp3) is 0.286. The van der Waals surface area contributed by atoms with Gasteiger partial charge < -0.3 is 4.90 Å². The largest absolute Gasteiger partial charge is 0.416 e. The van der Waals surface area contributed by atoms with Gasteiger partial charge >= 0.3 is 6.18 Å². The summed E-state index contributed by atoms with van der Waals surface area (Å²) in [6.45, 7) is 1.05. The molecule has 174 valence electrons. The monoisotopic (exact) mass is 480 g/mol. The van der Waals surface area contributed by atoms with Crippen LogP contribution >= 0.6 is 0 Å². The van der Waals surface area contributed by atoms with Gasteiger partial charge in [-0.15, -0.1) is 0 Å². The number of nitrogens with zero attached hydrogens (tertiary/aromatic N) is 4. The number of halogens is 3. The van der Waals surface area contributed by atoms with Crippen molar-refractivity contribution >= 4 is 32.3 Å². The Labute approximate surface area is 187 Å². The van der Waals surface area contributed by atoms with E-state index in [0.29, 0.717) is 29.7 Å². The van der Waals surface area contributed by atoms with Crippen LogP contribution in [0.2, 0.25) is 0 Å². The number of pyridine rings is 1. The number of aromatic nitrogens is 1. The highest BCUT2D eigenvalue weighted by Gasteiger charge is 2.31. The lowest BCUT2D eigenvalue weighted by Gasteiger charge is -2.36. The van der Waals surface area contributed by atoms with Crippen LogP contribution in [0.1, 0.15) is 11.1 Å². The molecule has 33 heavy (non-hydrogen) atoms. The number of nitro benzene ring substituents is 1. The Kier molecular flexibility index (Phi) is 5.97. The fourth-order valence-electron chi connectivity index (χ4n) is 3.85. The molecular formula is C21H19F3N4O4S. The Balaban J connectivity index is 1.49. The first-order valence-electron chi connectivity index (χ1n) is 9.97. The van der Waals surface area contributed by atoms with Crippen molar-refractivity contribution in [3.8, 4) is 0 Å². The van der Waals surface area contributed by atoms with E-state index in [4.69, 9.17) is 0 Å². The van der Waals surface area contributed by atoms with Crippen molar-refractivity contribution in [1.82, 2.24) is 9.29 Å². The molecule has 0 atom stereocenters. The molecule has 2 aromatic carbocycles. The third kappa shape index (κ3) is 4.91. The summed E-state index contributed by atoms with van der Waals surface area (Å²) in [5.74, 6) is -0.354. The Morgan fingerprint density at radius 1 is 1.03 bits per heavy atom. The number of alkyl halides is 3. The number of benzene rings is 2. The highest BCUT2D eigenvalue weighted by Crippen LogP contribution is 2.34. The van der Waals surface area contributed by atoms with Gasteiger partial charge in [0.15, 0.2) is 0 Å². The zero-order valence-electron chi connectivity index (χ0n) is 17.2. The molecule has 0 spiro atoms. The summed E-state index contributed by atoms with van der Waals surface area (Å²) in [7, 11) is -3.70. The van der Waals surface area contributed by atoms with E-state index in [1.165, 1.54) is 40.8 Å². The maximum atomic E-state index is 13.0. The van der Waals surface area contributed by atoms with E-state index in [-0.39, 0.29) is 30.0 Å². The topological polar surface area (TPSA) is 96.6 Å². The number of sulfonamides is 1. The summed E-state index contributed by atoms with van der Waals surface area (Å²) in [5, 5.41) is 11.5. The van der Waals surface area contributed by atoms with Crippen LogP contribution in [0, 0.1) is 10.1 Å². The second kappa shape index (κ2) is 8.60. The first-order valence-corrected chi connectivity index (χ1v) is 11.6. The van der Waals surface area contributed by atoms with Crippen LogP contribution in [0.4, 0.5) is 24.5 Å². The summed E-state index contributed by atoms with van der Waals surface area (Å²) < 4.78 is 66.0. The minimum atomic E-state index is -4.47. The van der Waals surface area contributed by atoms with Gasteiger partial charge in [0, 0.05) is 55.6 Å². The Morgan fingerprint density at radius 3 is 2.42 bits per heavy atom. The fourth-order valence-corrected chi connectivity index (χ4v) is 5.36. The predicted molar refractivity (Wildman–Crippen MR) is 116 cm³/mol. The van der Waals surface area contributed by atoms with Crippen LogP contribution in [-0.4, -0.2) is 48.8 Å². The number of rotatable bonds is 5. The third-order valence-corrected chi connectivity index (χ3v) is 7.34. The normalized spacial score (nSPS) is 15.7. The lowest BCUT2D eigenvalue weighted by molar-refractivity contribution is -0.384. The van der Waals surface area contributed by atoms with E-state index in [0.717, 1.165) is 12.1 Å². The minimum absolute atomic E-state index is 0.175. The Hall–Kier alpha value is -3.25. The number of nitro groups is 1. The van der Waals surface area contributed by atoms with Crippen LogP contribution in [0.3, 0.4) is 0 Å². The SMILES string of the molecule is O=[N+]([O-])c1cccc(CS(=O)(=O)N2CCN(c3ccnc4cc(C(F)(F)F)ccc34)CC2)c1. The lowest BCUT2D eigenvalue weighted by Crippen LogP contribution is -2.49. The van der Waals surface area contributed by atoms with E-state index in [1.54, 1.807) is 6.07 Å². The summed E-state index contributed by atoms with van der Waals surface area (Å²) in [4.78, 5) is 16.3. The van der Waals surface area contributed by atoms with Gasteiger partial charge in [0.1, 0.15) is 0 Å². The number of hydrogen-bond donors (Lipinski definition) is 0. The van der Waals surface area contributed by atoms with Crippen molar-refractivity contribution in [2.24, 2.45) is 0 Å². The molecule has 0 N–H and O–H groups in total. The van der Waals surface area contributed by atoms with E-state index in [9.17, 15) is 31.7 Å². The third-order valence-electron chi connectivity index (χ3n) is 5.49. The average Bonchev–Trinajstić information content (AvgIpc) is 2.77. The van der Waals surface area contributed by atoms with Gasteiger partial charge in [-0.3, -0.25) is 15.1 Å². The second-order valence-corrected chi connectivity index (χ2v) is 9.60. The van der Waals surface area contributed by atoms with Crippen LogP contribution < -0.4 is 4.90 Å². The van der Waals surface area contributed by atoms with Crippen LogP contribution in [0.25, 0.3) is 10.9 Å². The molecular weight excluding hydrogens is 461 g/mol. The van der Waals surface area contributed by atoms with Gasteiger partial charge in [0.2, 0.25) is 10.0 Å². The molecule has 1 aliphatic rings. The number of anilines is 1. The summed E-state index contributed by atoms with van der Waals surface area (Å²) in [6, 6.07) is 10.6. The number of non-ortho nitro benzene ring substituents is 1. The van der Waals surface area contributed by atoms with Crippen LogP contribution in [-0.2, 0) is 22.0 Å². The van der Waals surface area contributed by atoms with Crippen molar-refractivity contribution in [2.45, 2.75) is 11.9 Å². The molecule has 4 rings (SSSR count). The smallest absolute Gasteiger partial charge is 0.368 e. The zero-order valence-corrected chi connectivity index (χ0v) is 18.0. The quantitative estimate of drug-likeness (QED) is 0.407. The maximum absolute atomic E-state index is 13.0. The highest BCUT2D eigenvalue weighted by molar-refractivity contribution is 7.88. The molecule has 0 radical (unpaired) electrons. The lowest BCUT2D eigenvalue weighted by atomic mass is 10.1. The predicted octanol–water partition coefficient (Wildman–Crippen LogP) is 3.81. The van der Waals surface area contributed by atoms with E-state index in [1.807, 2.05) is 4.90 Å². The Morgan fingerprint density at radius 2 is 1.76 bits per heavy atom. The zero-order chi connectivity index (χ0) is 23.8. The first-order chi connectivity index (χ1) is 15.5. The molecule has 8 nitrogen and oxygen atoms in total. The molecule has 0 saturated carbocycles. The van der Waals surface area contributed by atoms with E-state index >= 15 is 0 Å². The number of hydrogen-bond acceptors (Lipinski definition) is 6. The second-order valence-electron chi connectivity index (χ2n) is 7.63. The Bertz CT molecular complexity index is 1310.